The molecule has 1 heterocycles. The molecule has 0 saturated heterocycles. The zero-order chi connectivity index (χ0) is 18.8. The number of amidine groups is 1. The summed E-state index contributed by atoms with van der Waals surface area (Å²) in [7, 11) is -2.09. The second kappa shape index (κ2) is 7.06. The lowest BCUT2D eigenvalue weighted by atomic mass is 9.81. The number of rotatable bonds is 4. The van der Waals surface area contributed by atoms with Crippen LogP contribution in [-0.4, -0.2) is 45.2 Å². The van der Waals surface area contributed by atoms with E-state index in [1.165, 1.54) is 6.07 Å². The standard InChI is InChI=1S/C17H22N4O4S/c1-18-16(23)17(9-5-2-6-10-17)20-14(22)11-19-15-12-7-3-4-8-13(12)26(24,25)21-15/h3-4,7-8H,2,5-6,9-11H2,1H3,(H,18,23)(H,19,21)(H,20,22). The summed E-state index contributed by atoms with van der Waals surface area (Å²) in [6.45, 7) is -0.259. The molecule has 2 amide bonds. The second-order valence-electron chi connectivity index (χ2n) is 6.54. The molecule has 0 unspecified atom stereocenters. The van der Waals surface area contributed by atoms with Crippen molar-refractivity contribution in [2.24, 2.45) is 4.99 Å². The van der Waals surface area contributed by atoms with Gasteiger partial charge in [-0.2, -0.15) is 0 Å². The van der Waals surface area contributed by atoms with Crippen molar-refractivity contribution in [2.75, 3.05) is 13.6 Å². The fourth-order valence-corrected chi connectivity index (χ4v) is 4.76. The van der Waals surface area contributed by atoms with Crippen molar-refractivity contribution in [2.45, 2.75) is 42.5 Å². The fraction of sp³-hybridized carbons (Fsp3) is 0.471. The van der Waals surface area contributed by atoms with Gasteiger partial charge in [-0.15, -0.1) is 0 Å². The summed E-state index contributed by atoms with van der Waals surface area (Å²) >= 11 is 0. The summed E-state index contributed by atoms with van der Waals surface area (Å²) in [6, 6.07) is 6.46. The molecule has 9 heteroatoms. The number of nitrogens with one attached hydrogen (secondary N) is 3. The third-order valence-electron chi connectivity index (χ3n) is 4.79. The van der Waals surface area contributed by atoms with E-state index in [0.717, 1.165) is 19.3 Å². The number of hydrogen-bond donors (Lipinski definition) is 3. The van der Waals surface area contributed by atoms with E-state index in [2.05, 4.69) is 20.3 Å². The predicted molar refractivity (Wildman–Crippen MR) is 96.2 cm³/mol. The molecule has 0 spiro atoms. The number of amides is 2. The Kier molecular flexibility index (Phi) is 4.99. The molecule has 0 atom stereocenters. The highest BCUT2D eigenvalue weighted by Crippen LogP contribution is 2.28. The number of sulfonamides is 1. The maximum atomic E-state index is 12.4. The van der Waals surface area contributed by atoms with Gasteiger partial charge in [0.2, 0.25) is 11.8 Å². The van der Waals surface area contributed by atoms with Crippen LogP contribution in [-0.2, 0) is 19.6 Å². The van der Waals surface area contributed by atoms with Gasteiger partial charge in [-0.05, 0) is 25.0 Å². The van der Waals surface area contributed by atoms with Gasteiger partial charge in [-0.3, -0.25) is 19.3 Å². The Balaban J connectivity index is 1.75. The first-order chi connectivity index (χ1) is 12.4. The van der Waals surface area contributed by atoms with Crippen LogP contribution in [0.1, 0.15) is 37.7 Å². The van der Waals surface area contributed by atoms with E-state index in [0.29, 0.717) is 18.4 Å². The highest BCUT2D eigenvalue weighted by Gasteiger charge is 2.40. The van der Waals surface area contributed by atoms with Crippen molar-refractivity contribution < 1.29 is 18.0 Å². The predicted octanol–water partition coefficient (Wildman–Crippen LogP) is 0.290. The smallest absolute Gasteiger partial charge is 0.263 e. The molecule has 1 fully saturated rings. The molecule has 1 aromatic carbocycles. The minimum atomic E-state index is -3.64. The summed E-state index contributed by atoms with van der Waals surface area (Å²) in [5, 5.41) is 5.44. The monoisotopic (exact) mass is 378 g/mol. The Labute approximate surface area is 152 Å². The van der Waals surface area contributed by atoms with E-state index in [9.17, 15) is 18.0 Å². The number of benzene rings is 1. The van der Waals surface area contributed by atoms with Gasteiger partial charge in [-0.1, -0.05) is 31.4 Å². The van der Waals surface area contributed by atoms with E-state index in [-0.39, 0.29) is 23.2 Å². The SMILES string of the molecule is CNC(=O)C1(NC(=O)CN=C2NS(=O)(=O)c3ccccc32)CCCCC1. The molecule has 1 aromatic rings. The third-order valence-corrected chi connectivity index (χ3v) is 6.19. The topological polar surface area (TPSA) is 117 Å². The molecule has 8 nitrogen and oxygen atoms in total. The van der Waals surface area contributed by atoms with Crippen molar-refractivity contribution in [1.29, 1.82) is 0 Å². The maximum absolute atomic E-state index is 12.4. The number of fused-ring (bicyclic) bond motifs is 1. The molecule has 1 aliphatic heterocycles. The van der Waals surface area contributed by atoms with Gasteiger partial charge in [0, 0.05) is 12.6 Å². The first kappa shape index (κ1) is 18.4. The zero-order valence-electron chi connectivity index (χ0n) is 14.5. The van der Waals surface area contributed by atoms with Crippen molar-refractivity contribution in [1.82, 2.24) is 15.4 Å². The van der Waals surface area contributed by atoms with Gasteiger partial charge in [0.25, 0.3) is 10.0 Å². The van der Waals surface area contributed by atoms with Crippen molar-refractivity contribution >= 4 is 27.7 Å². The minimum Gasteiger partial charge on any atom is -0.357 e. The number of aliphatic imine (C=N–C) groups is 1. The van der Waals surface area contributed by atoms with Gasteiger partial charge >= 0.3 is 0 Å². The normalized spacial score (nSPS) is 21.5. The molecule has 0 radical (unpaired) electrons. The highest BCUT2D eigenvalue weighted by molar-refractivity contribution is 7.90. The summed E-state index contributed by atoms with van der Waals surface area (Å²) < 4.78 is 26.5. The molecule has 26 heavy (non-hydrogen) atoms. The summed E-state index contributed by atoms with van der Waals surface area (Å²) in [5.41, 5.74) is -0.462. The number of carbonyl (C=O) groups excluding carboxylic acids is 2. The van der Waals surface area contributed by atoms with Crippen LogP contribution in [0.5, 0.6) is 0 Å². The van der Waals surface area contributed by atoms with Crippen molar-refractivity contribution in [3.05, 3.63) is 29.8 Å². The van der Waals surface area contributed by atoms with E-state index in [4.69, 9.17) is 0 Å². The average Bonchev–Trinajstić information content (AvgIpc) is 2.91. The van der Waals surface area contributed by atoms with Crippen LogP contribution in [0, 0.1) is 0 Å². The molecule has 2 aliphatic rings. The van der Waals surface area contributed by atoms with Crippen LogP contribution in [0.3, 0.4) is 0 Å². The van der Waals surface area contributed by atoms with Crippen LogP contribution in [0.25, 0.3) is 0 Å². The lowest BCUT2D eigenvalue weighted by molar-refractivity contribution is -0.134. The quantitative estimate of drug-likeness (QED) is 0.698. The Morgan fingerprint density at radius 2 is 1.88 bits per heavy atom. The van der Waals surface area contributed by atoms with Gasteiger partial charge < -0.3 is 10.6 Å². The van der Waals surface area contributed by atoms with Crippen LogP contribution in [0.15, 0.2) is 34.2 Å². The van der Waals surface area contributed by atoms with Gasteiger partial charge in [0.15, 0.2) is 0 Å². The van der Waals surface area contributed by atoms with Crippen LogP contribution < -0.4 is 15.4 Å². The number of carbonyl (C=O) groups is 2. The number of nitrogens with zero attached hydrogens (tertiary/aromatic N) is 1. The van der Waals surface area contributed by atoms with E-state index in [1.807, 2.05) is 0 Å². The van der Waals surface area contributed by atoms with Gasteiger partial charge in [0.05, 0.1) is 4.90 Å². The maximum Gasteiger partial charge on any atom is 0.263 e. The zero-order valence-corrected chi connectivity index (χ0v) is 15.4. The van der Waals surface area contributed by atoms with Gasteiger partial charge in [0.1, 0.15) is 17.9 Å². The average molecular weight is 378 g/mol. The Bertz CT molecular complexity index is 857. The lowest BCUT2D eigenvalue weighted by Gasteiger charge is -2.36. The lowest BCUT2D eigenvalue weighted by Crippen LogP contribution is -2.59. The van der Waals surface area contributed by atoms with Crippen LogP contribution >= 0.6 is 0 Å². The highest BCUT2D eigenvalue weighted by atomic mass is 32.2. The second-order valence-corrected chi connectivity index (χ2v) is 8.19. The van der Waals surface area contributed by atoms with Crippen molar-refractivity contribution in [3.63, 3.8) is 0 Å². The molecule has 1 aliphatic carbocycles. The summed E-state index contributed by atoms with van der Waals surface area (Å²) in [5.74, 6) is -0.468. The first-order valence-corrected chi connectivity index (χ1v) is 10.1. The largest absolute Gasteiger partial charge is 0.357 e. The Hall–Kier alpha value is -2.42. The van der Waals surface area contributed by atoms with Crippen LogP contribution in [0.2, 0.25) is 0 Å². The molecular weight excluding hydrogens is 356 g/mol. The fourth-order valence-electron chi connectivity index (χ4n) is 3.51. The molecule has 0 bridgehead atoms. The Morgan fingerprint density at radius 3 is 2.58 bits per heavy atom. The minimum absolute atomic E-state index is 0.147. The molecular formula is C17H22N4O4S. The van der Waals surface area contributed by atoms with E-state index >= 15 is 0 Å². The van der Waals surface area contributed by atoms with Crippen LogP contribution in [0.4, 0.5) is 0 Å². The first-order valence-electron chi connectivity index (χ1n) is 8.58. The van der Waals surface area contributed by atoms with E-state index < -0.39 is 21.5 Å². The number of hydrogen-bond acceptors (Lipinski definition) is 5. The third kappa shape index (κ3) is 3.44. The molecule has 0 aromatic heterocycles. The molecule has 3 rings (SSSR count). The molecule has 1 saturated carbocycles. The molecule has 3 N–H and O–H groups in total. The van der Waals surface area contributed by atoms with Crippen molar-refractivity contribution in [3.8, 4) is 0 Å². The summed E-state index contributed by atoms with van der Waals surface area (Å²) in [4.78, 5) is 28.9. The Morgan fingerprint density at radius 1 is 1.19 bits per heavy atom. The molecule has 140 valence electrons. The number of likely N-dealkylation sites (N-methyl/N-ethyl adjacent to an activating group) is 1. The summed E-state index contributed by atoms with van der Waals surface area (Å²) in [6.07, 6.45) is 3.95. The van der Waals surface area contributed by atoms with Gasteiger partial charge in [-0.25, -0.2) is 8.42 Å². The van der Waals surface area contributed by atoms with E-state index in [1.54, 1.807) is 25.2 Å².